The van der Waals surface area contributed by atoms with Gasteiger partial charge in [0.05, 0.1) is 6.54 Å². The van der Waals surface area contributed by atoms with E-state index in [-0.39, 0.29) is 6.54 Å². The predicted molar refractivity (Wildman–Crippen MR) is 79.6 cm³/mol. The van der Waals surface area contributed by atoms with Crippen LogP contribution in [0.1, 0.15) is 12.5 Å². The van der Waals surface area contributed by atoms with Crippen LogP contribution in [0.2, 0.25) is 0 Å². The summed E-state index contributed by atoms with van der Waals surface area (Å²) in [7, 11) is 0. The van der Waals surface area contributed by atoms with Gasteiger partial charge in [0.25, 0.3) is 0 Å². The summed E-state index contributed by atoms with van der Waals surface area (Å²) >= 11 is 0. The summed E-state index contributed by atoms with van der Waals surface area (Å²) in [4.78, 5) is 18.8. The second-order valence-corrected chi connectivity index (χ2v) is 4.95. The second kappa shape index (κ2) is 6.86. The molecular weight excluding hydrogens is 286 g/mol. The quantitative estimate of drug-likeness (QED) is 0.708. The lowest BCUT2D eigenvalue weighted by molar-refractivity contribution is -0.155. The highest BCUT2D eigenvalue weighted by atomic mass is 16.5. The van der Waals surface area contributed by atoms with E-state index in [4.69, 9.17) is 9.84 Å². The molecule has 1 aromatic carbocycles. The number of hydrogen-bond donors (Lipinski definition) is 3. The third kappa shape index (κ3) is 4.42. The van der Waals surface area contributed by atoms with Crippen molar-refractivity contribution in [3.05, 3.63) is 48.3 Å². The Hall–Kier alpha value is -2.67. The first kappa shape index (κ1) is 15.7. The Labute approximate surface area is 127 Å². The standard InChI is InChI=1S/C15H17N3O4/c1-15(21,14(19)20)9-16-12-7-13(18-10-17-12)22-8-11-5-3-2-4-6-11/h2-7,10,21H,8-9H2,1H3,(H,19,20)(H,16,17,18). The van der Waals surface area contributed by atoms with Crippen molar-refractivity contribution in [1.82, 2.24) is 9.97 Å². The minimum Gasteiger partial charge on any atom is -0.479 e. The third-order valence-electron chi connectivity index (χ3n) is 2.95. The molecule has 0 aliphatic carbocycles. The lowest BCUT2D eigenvalue weighted by atomic mass is 10.1. The maximum atomic E-state index is 10.8. The van der Waals surface area contributed by atoms with E-state index < -0.39 is 11.6 Å². The molecule has 7 nitrogen and oxygen atoms in total. The van der Waals surface area contributed by atoms with Gasteiger partial charge in [0.1, 0.15) is 18.8 Å². The molecule has 2 aromatic rings. The molecule has 0 spiro atoms. The highest BCUT2D eigenvalue weighted by Crippen LogP contribution is 2.14. The lowest BCUT2D eigenvalue weighted by Gasteiger charge is -2.18. The highest BCUT2D eigenvalue weighted by molar-refractivity contribution is 5.77. The Morgan fingerprint density at radius 2 is 2.05 bits per heavy atom. The molecule has 0 aliphatic rings. The SMILES string of the molecule is CC(O)(CNc1cc(OCc2ccccc2)ncn1)C(=O)O. The Morgan fingerprint density at radius 1 is 1.32 bits per heavy atom. The van der Waals surface area contributed by atoms with E-state index in [1.807, 2.05) is 30.3 Å². The Morgan fingerprint density at radius 3 is 2.73 bits per heavy atom. The molecule has 1 aromatic heterocycles. The lowest BCUT2D eigenvalue weighted by Crippen LogP contribution is -2.41. The number of aliphatic hydroxyl groups is 1. The van der Waals surface area contributed by atoms with Crippen molar-refractivity contribution in [2.45, 2.75) is 19.1 Å². The van der Waals surface area contributed by atoms with Gasteiger partial charge in [-0.3, -0.25) is 0 Å². The summed E-state index contributed by atoms with van der Waals surface area (Å²) in [5.41, 5.74) is -0.875. The summed E-state index contributed by atoms with van der Waals surface area (Å²) in [5, 5.41) is 21.2. The van der Waals surface area contributed by atoms with E-state index in [9.17, 15) is 9.90 Å². The summed E-state index contributed by atoms with van der Waals surface area (Å²) in [6, 6.07) is 11.2. The molecule has 1 unspecified atom stereocenters. The van der Waals surface area contributed by atoms with Crippen molar-refractivity contribution in [2.75, 3.05) is 11.9 Å². The summed E-state index contributed by atoms with van der Waals surface area (Å²) in [6.45, 7) is 1.39. The fourth-order valence-electron chi connectivity index (χ4n) is 1.58. The van der Waals surface area contributed by atoms with E-state index in [1.54, 1.807) is 6.07 Å². The van der Waals surface area contributed by atoms with Gasteiger partial charge in [-0.25, -0.2) is 14.8 Å². The van der Waals surface area contributed by atoms with Crippen molar-refractivity contribution in [3.63, 3.8) is 0 Å². The molecule has 1 heterocycles. The first-order chi connectivity index (χ1) is 10.5. The van der Waals surface area contributed by atoms with Crippen LogP contribution in [0.5, 0.6) is 5.88 Å². The number of rotatable bonds is 7. The van der Waals surface area contributed by atoms with Gasteiger partial charge in [0.2, 0.25) is 5.88 Å². The van der Waals surface area contributed by atoms with Crippen LogP contribution in [-0.2, 0) is 11.4 Å². The number of anilines is 1. The predicted octanol–water partition coefficient (Wildman–Crippen LogP) is 1.30. The molecule has 3 N–H and O–H groups in total. The topological polar surface area (TPSA) is 105 Å². The van der Waals surface area contributed by atoms with Crippen molar-refractivity contribution in [3.8, 4) is 5.88 Å². The second-order valence-electron chi connectivity index (χ2n) is 4.95. The average molecular weight is 303 g/mol. The largest absolute Gasteiger partial charge is 0.479 e. The smallest absolute Gasteiger partial charge is 0.337 e. The molecule has 22 heavy (non-hydrogen) atoms. The van der Waals surface area contributed by atoms with E-state index >= 15 is 0 Å². The van der Waals surface area contributed by atoms with Gasteiger partial charge < -0.3 is 20.3 Å². The molecular formula is C15H17N3O4. The first-order valence-corrected chi connectivity index (χ1v) is 6.66. The average Bonchev–Trinajstić information content (AvgIpc) is 2.52. The van der Waals surface area contributed by atoms with E-state index in [2.05, 4.69) is 15.3 Å². The zero-order chi connectivity index (χ0) is 16.0. The summed E-state index contributed by atoms with van der Waals surface area (Å²) < 4.78 is 5.54. The molecule has 0 saturated carbocycles. The minimum atomic E-state index is -1.88. The molecule has 0 radical (unpaired) electrons. The molecule has 7 heteroatoms. The first-order valence-electron chi connectivity index (χ1n) is 6.66. The number of nitrogens with zero attached hydrogens (tertiary/aromatic N) is 2. The number of nitrogens with one attached hydrogen (secondary N) is 1. The molecule has 0 amide bonds. The van der Waals surface area contributed by atoms with Gasteiger partial charge in [-0.1, -0.05) is 30.3 Å². The third-order valence-corrected chi connectivity index (χ3v) is 2.95. The highest BCUT2D eigenvalue weighted by Gasteiger charge is 2.29. The van der Waals surface area contributed by atoms with Crippen molar-refractivity contribution in [2.24, 2.45) is 0 Å². The van der Waals surface area contributed by atoms with Crippen molar-refractivity contribution < 1.29 is 19.7 Å². The van der Waals surface area contributed by atoms with E-state index in [0.717, 1.165) is 5.56 Å². The molecule has 2 rings (SSSR count). The number of aromatic nitrogens is 2. The fourth-order valence-corrected chi connectivity index (χ4v) is 1.58. The van der Waals surface area contributed by atoms with Crippen LogP contribution in [0, 0.1) is 0 Å². The van der Waals surface area contributed by atoms with Gasteiger partial charge in [-0.15, -0.1) is 0 Å². The molecule has 1 atom stereocenters. The molecule has 0 aliphatic heterocycles. The van der Waals surface area contributed by atoms with E-state index in [1.165, 1.54) is 13.3 Å². The minimum absolute atomic E-state index is 0.183. The maximum absolute atomic E-state index is 10.8. The number of carboxylic acids is 1. The van der Waals surface area contributed by atoms with Gasteiger partial charge in [-0.2, -0.15) is 0 Å². The van der Waals surface area contributed by atoms with Gasteiger partial charge in [0, 0.05) is 6.07 Å². The van der Waals surface area contributed by atoms with Crippen LogP contribution in [-0.4, -0.2) is 38.3 Å². The Balaban J connectivity index is 1.94. The van der Waals surface area contributed by atoms with Crippen LogP contribution >= 0.6 is 0 Å². The zero-order valence-corrected chi connectivity index (χ0v) is 12.1. The number of carbonyl (C=O) groups is 1. The van der Waals surface area contributed by atoms with E-state index in [0.29, 0.717) is 18.3 Å². The number of aliphatic carboxylic acids is 1. The molecule has 0 fully saturated rings. The van der Waals surface area contributed by atoms with Crippen LogP contribution < -0.4 is 10.1 Å². The van der Waals surface area contributed by atoms with Crippen LogP contribution in [0.25, 0.3) is 0 Å². The van der Waals surface area contributed by atoms with Gasteiger partial charge in [0.15, 0.2) is 5.60 Å². The van der Waals surface area contributed by atoms with Crippen LogP contribution in [0.4, 0.5) is 5.82 Å². The van der Waals surface area contributed by atoms with Gasteiger partial charge in [-0.05, 0) is 12.5 Å². The number of ether oxygens (including phenoxy) is 1. The van der Waals surface area contributed by atoms with Gasteiger partial charge >= 0.3 is 5.97 Å². The zero-order valence-electron chi connectivity index (χ0n) is 12.1. The molecule has 0 saturated heterocycles. The summed E-state index contributed by atoms with van der Waals surface area (Å²) in [6.07, 6.45) is 1.30. The fraction of sp³-hybridized carbons (Fsp3) is 0.267. The number of hydrogen-bond acceptors (Lipinski definition) is 6. The summed E-state index contributed by atoms with van der Waals surface area (Å²) in [5.74, 6) is -0.578. The van der Waals surface area contributed by atoms with Crippen molar-refractivity contribution >= 4 is 11.8 Å². The Kier molecular flexibility index (Phi) is 4.90. The Bertz CT molecular complexity index is 632. The van der Waals surface area contributed by atoms with Crippen molar-refractivity contribution in [1.29, 1.82) is 0 Å². The molecule has 116 valence electrons. The number of benzene rings is 1. The maximum Gasteiger partial charge on any atom is 0.337 e. The normalized spacial score (nSPS) is 13.2. The number of carboxylic acid groups (broad SMARTS) is 1. The van der Waals surface area contributed by atoms with Crippen LogP contribution in [0.3, 0.4) is 0 Å². The molecule has 0 bridgehead atoms. The monoisotopic (exact) mass is 303 g/mol. The van der Waals surface area contributed by atoms with Crippen LogP contribution in [0.15, 0.2) is 42.7 Å².